The number of hydrogen-bond donors (Lipinski definition) is 2. The minimum absolute atomic E-state index is 0.222. The van der Waals surface area contributed by atoms with E-state index in [1.807, 2.05) is 117 Å². The van der Waals surface area contributed by atoms with Gasteiger partial charge in [0.15, 0.2) is 0 Å². The van der Waals surface area contributed by atoms with Crippen molar-refractivity contribution in [2.24, 2.45) is 0 Å². The van der Waals surface area contributed by atoms with Gasteiger partial charge in [-0.2, -0.15) is 4.98 Å². The predicted molar refractivity (Wildman–Crippen MR) is 168 cm³/mol. The van der Waals surface area contributed by atoms with Crippen molar-refractivity contribution in [3.63, 3.8) is 0 Å². The predicted octanol–water partition coefficient (Wildman–Crippen LogP) is 8.25. The molecule has 4 aromatic carbocycles. The van der Waals surface area contributed by atoms with E-state index in [9.17, 15) is 4.79 Å². The van der Waals surface area contributed by atoms with E-state index in [2.05, 4.69) is 10.6 Å². The van der Waals surface area contributed by atoms with Crippen molar-refractivity contribution in [2.45, 2.75) is 30.8 Å². The summed E-state index contributed by atoms with van der Waals surface area (Å²) < 4.78 is 7.92. The van der Waals surface area contributed by atoms with Crippen LogP contribution in [-0.4, -0.2) is 20.7 Å². The Morgan fingerprint density at radius 1 is 0.952 bits per heavy atom. The van der Waals surface area contributed by atoms with Gasteiger partial charge in [0.2, 0.25) is 11.1 Å². The molecular weight excluding hydrogens is 566 g/mol. The van der Waals surface area contributed by atoms with Gasteiger partial charge in [-0.15, -0.1) is 5.10 Å². The average Bonchev–Trinajstić information content (AvgIpc) is 3.40. The van der Waals surface area contributed by atoms with Crippen LogP contribution in [0, 0.1) is 6.92 Å². The summed E-state index contributed by atoms with van der Waals surface area (Å²) in [5, 5.41) is 12.6. The molecule has 1 atom stereocenters. The molecule has 0 radical (unpaired) electrons. The van der Waals surface area contributed by atoms with Crippen LogP contribution in [0.2, 0.25) is 5.02 Å². The minimum Gasteiger partial charge on any atom is -0.457 e. The largest absolute Gasteiger partial charge is 0.457 e. The molecule has 1 amide bonds. The molecule has 210 valence electrons. The molecule has 0 spiro atoms. The van der Waals surface area contributed by atoms with E-state index < -0.39 is 6.04 Å². The normalized spacial score (nSPS) is 14.2. The van der Waals surface area contributed by atoms with Gasteiger partial charge in [0.05, 0.1) is 5.57 Å². The Morgan fingerprint density at radius 3 is 2.50 bits per heavy atom. The van der Waals surface area contributed by atoms with Gasteiger partial charge in [0.25, 0.3) is 5.91 Å². The summed E-state index contributed by atoms with van der Waals surface area (Å²) in [7, 11) is 0. The zero-order chi connectivity index (χ0) is 29.1. The lowest BCUT2D eigenvalue weighted by Crippen LogP contribution is -2.31. The number of nitrogens with zero attached hydrogens (tertiary/aromatic N) is 3. The number of aromatic nitrogens is 3. The lowest BCUT2D eigenvalue weighted by Gasteiger charge is -2.29. The fourth-order valence-corrected chi connectivity index (χ4v) is 5.94. The van der Waals surface area contributed by atoms with Crippen LogP contribution >= 0.6 is 23.4 Å². The highest BCUT2D eigenvalue weighted by Gasteiger charge is 2.35. The second-order valence-corrected chi connectivity index (χ2v) is 11.2. The summed E-state index contributed by atoms with van der Waals surface area (Å²) in [4.78, 5) is 18.7. The third kappa shape index (κ3) is 5.91. The standard InChI is InChI=1S/C33H28ClN5O2S/c1-21-11-6-9-18-28(21)36-31(40)29-22(2)35-32-37-33(42-20-24-12-7-8-17-27(24)34)38-39(32)30(29)23-13-10-16-26(19-23)41-25-14-4-3-5-15-25/h3-19,30H,20H2,1-2H3,(H,36,40)(H,35,37,38). The van der Waals surface area contributed by atoms with E-state index in [4.69, 9.17) is 26.4 Å². The van der Waals surface area contributed by atoms with Gasteiger partial charge >= 0.3 is 0 Å². The van der Waals surface area contributed by atoms with Crippen molar-refractivity contribution in [2.75, 3.05) is 10.6 Å². The number of thioether (sulfide) groups is 1. The number of aryl methyl sites for hydroxylation is 1. The van der Waals surface area contributed by atoms with Crippen molar-refractivity contribution in [1.82, 2.24) is 14.8 Å². The highest BCUT2D eigenvalue weighted by molar-refractivity contribution is 7.98. The number of fused-ring (bicyclic) bond motifs is 1. The van der Waals surface area contributed by atoms with Crippen LogP contribution in [0.4, 0.5) is 11.6 Å². The van der Waals surface area contributed by atoms with Gasteiger partial charge in [-0.25, -0.2) is 4.68 Å². The number of carbonyl (C=O) groups excluding carboxylic acids is 1. The minimum atomic E-state index is -0.549. The molecule has 6 rings (SSSR count). The molecule has 1 aliphatic heterocycles. The summed E-state index contributed by atoms with van der Waals surface area (Å²) in [6.45, 7) is 3.86. The number of anilines is 2. The van der Waals surface area contributed by atoms with Crippen molar-refractivity contribution in [3.05, 3.63) is 136 Å². The Kier molecular flexibility index (Phi) is 7.99. The highest BCUT2D eigenvalue weighted by Crippen LogP contribution is 2.39. The molecule has 1 aromatic heterocycles. The molecule has 9 heteroatoms. The first-order valence-electron chi connectivity index (χ1n) is 13.5. The molecular formula is C33H28ClN5O2S. The average molecular weight is 594 g/mol. The van der Waals surface area contributed by atoms with Crippen molar-refractivity contribution >= 4 is 40.9 Å². The number of benzene rings is 4. The molecule has 1 aliphatic rings. The van der Waals surface area contributed by atoms with E-state index in [1.54, 1.807) is 4.68 Å². The Labute approximate surface area is 253 Å². The molecule has 0 bridgehead atoms. The van der Waals surface area contributed by atoms with E-state index in [0.29, 0.717) is 38.9 Å². The number of allylic oxidation sites excluding steroid dienone is 1. The third-order valence-electron chi connectivity index (χ3n) is 6.94. The van der Waals surface area contributed by atoms with Crippen LogP contribution in [0.1, 0.15) is 29.7 Å². The number of hydrogen-bond acceptors (Lipinski definition) is 6. The van der Waals surface area contributed by atoms with E-state index in [-0.39, 0.29) is 5.91 Å². The molecule has 0 fully saturated rings. The van der Waals surface area contributed by atoms with Gasteiger partial charge in [-0.3, -0.25) is 4.79 Å². The number of nitrogens with one attached hydrogen (secondary N) is 2. The van der Waals surface area contributed by atoms with Crippen molar-refractivity contribution in [3.8, 4) is 11.5 Å². The van der Waals surface area contributed by atoms with Crippen LogP contribution in [0.25, 0.3) is 0 Å². The second-order valence-electron chi connectivity index (χ2n) is 9.87. The molecule has 7 nitrogen and oxygen atoms in total. The molecule has 2 heterocycles. The van der Waals surface area contributed by atoms with Crippen LogP contribution in [0.15, 0.2) is 120 Å². The number of halogens is 1. The molecule has 1 unspecified atom stereocenters. The quantitative estimate of drug-likeness (QED) is 0.176. The lowest BCUT2D eigenvalue weighted by atomic mass is 9.94. The summed E-state index contributed by atoms with van der Waals surface area (Å²) in [5.41, 5.74) is 4.80. The van der Waals surface area contributed by atoms with Crippen LogP contribution in [0.5, 0.6) is 11.5 Å². The summed E-state index contributed by atoms with van der Waals surface area (Å²) in [6, 6.07) is 32.2. The zero-order valence-electron chi connectivity index (χ0n) is 23.0. The number of carbonyl (C=O) groups is 1. The Hall–Kier alpha value is -4.53. The fraction of sp³-hybridized carbons (Fsp3) is 0.121. The number of rotatable bonds is 8. The Bertz CT molecular complexity index is 1790. The number of ether oxygens (including phenoxy) is 1. The maximum Gasteiger partial charge on any atom is 0.255 e. The maximum atomic E-state index is 13.9. The topological polar surface area (TPSA) is 81.1 Å². The van der Waals surface area contributed by atoms with Gasteiger partial charge in [0, 0.05) is 22.2 Å². The first-order chi connectivity index (χ1) is 20.5. The molecule has 42 heavy (non-hydrogen) atoms. The van der Waals surface area contributed by atoms with Crippen LogP contribution in [0.3, 0.4) is 0 Å². The van der Waals surface area contributed by atoms with E-state index in [1.165, 1.54) is 11.8 Å². The van der Waals surface area contributed by atoms with Gasteiger partial charge in [0.1, 0.15) is 17.5 Å². The van der Waals surface area contributed by atoms with Crippen LogP contribution in [-0.2, 0) is 10.5 Å². The van der Waals surface area contributed by atoms with Crippen molar-refractivity contribution < 1.29 is 9.53 Å². The number of amides is 1. The SMILES string of the molecule is CC1=C(C(=O)Nc2ccccc2C)C(c2cccc(Oc3ccccc3)c2)n2nc(SCc3ccccc3Cl)nc2N1. The number of para-hydroxylation sites is 2. The smallest absolute Gasteiger partial charge is 0.255 e. The lowest BCUT2D eigenvalue weighted by molar-refractivity contribution is -0.113. The Balaban J connectivity index is 1.37. The molecule has 0 saturated heterocycles. The first kappa shape index (κ1) is 27.6. The van der Waals surface area contributed by atoms with Gasteiger partial charge < -0.3 is 15.4 Å². The van der Waals surface area contributed by atoms with Gasteiger partial charge in [-0.05, 0) is 66.9 Å². The second kappa shape index (κ2) is 12.1. The van der Waals surface area contributed by atoms with Crippen LogP contribution < -0.4 is 15.4 Å². The monoisotopic (exact) mass is 593 g/mol. The summed E-state index contributed by atoms with van der Waals surface area (Å²) in [6.07, 6.45) is 0. The maximum absolute atomic E-state index is 13.9. The Morgan fingerprint density at radius 2 is 1.69 bits per heavy atom. The molecule has 0 aliphatic carbocycles. The molecule has 5 aromatic rings. The highest BCUT2D eigenvalue weighted by atomic mass is 35.5. The van der Waals surface area contributed by atoms with Crippen molar-refractivity contribution in [1.29, 1.82) is 0 Å². The molecule has 2 N–H and O–H groups in total. The van der Waals surface area contributed by atoms with E-state index >= 15 is 0 Å². The summed E-state index contributed by atoms with van der Waals surface area (Å²) >= 11 is 7.87. The van der Waals surface area contributed by atoms with E-state index in [0.717, 1.165) is 28.1 Å². The third-order valence-corrected chi connectivity index (χ3v) is 8.19. The zero-order valence-corrected chi connectivity index (χ0v) is 24.6. The molecule has 0 saturated carbocycles. The summed E-state index contributed by atoms with van der Waals surface area (Å²) in [5.74, 6) is 2.33. The fourth-order valence-electron chi connectivity index (χ4n) is 4.83. The first-order valence-corrected chi connectivity index (χ1v) is 14.8. The van der Waals surface area contributed by atoms with Gasteiger partial charge in [-0.1, -0.05) is 90.1 Å².